The lowest BCUT2D eigenvalue weighted by molar-refractivity contribution is -0.128. The Balaban J connectivity index is 0.000000380. The molecule has 1 unspecified atom stereocenters. The maximum atomic E-state index is 13.2. The zero-order chi connectivity index (χ0) is 27.7. The predicted octanol–water partition coefficient (Wildman–Crippen LogP) is 1.55. The van der Waals surface area contributed by atoms with Gasteiger partial charge in [0.1, 0.15) is 5.82 Å². The molecule has 4 aliphatic heterocycles. The molecule has 2 fully saturated rings. The zero-order valence-electron chi connectivity index (χ0n) is 23.0. The van der Waals surface area contributed by atoms with E-state index >= 15 is 0 Å². The molecule has 0 spiro atoms. The second-order valence-corrected chi connectivity index (χ2v) is 9.75. The summed E-state index contributed by atoms with van der Waals surface area (Å²) in [4.78, 5) is 29.3. The van der Waals surface area contributed by atoms with Crippen LogP contribution >= 0.6 is 0 Å². The molecule has 2 N–H and O–H groups in total. The van der Waals surface area contributed by atoms with Crippen LogP contribution in [0, 0.1) is 11.3 Å². The highest BCUT2D eigenvalue weighted by Gasteiger charge is 2.31. The maximum absolute atomic E-state index is 13.2. The number of nitrogens with one attached hydrogen (secondary N) is 2. The Hall–Kier alpha value is -3.27. The fraction of sp³-hybridized carbons (Fsp3) is 0.615. The molecule has 0 bridgehead atoms. The van der Waals surface area contributed by atoms with E-state index in [1.807, 2.05) is 6.20 Å². The molecule has 0 radical (unpaired) electrons. The van der Waals surface area contributed by atoms with Gasteiger partial charge in [-0.25, -0.2) is 9.82 Å². The number of rotatable bonds is 5. The minimum atomic E-state index is -0.918. The molecule has 5 rings (SSSR count). The largest absolute Gasteiger partial charge is 0.467 e. The number of fused-ring (bicyclic) bond motifs is 1. The van der Waals surface area contributed by atoms with Crippen molar-refractivity contribution in [2.24, 2.45) is 0 Å². The van der Waals surface area contributed by atoms with Crippen LogP contribution in [0.3, 0.4) is 0 Å². The lowest BCUT2D eigenvalue weighted by atomic mass is 10.1. The second kappa shape index (κ2) is 14.0. The van der Waals surface area contributed by atoms with E-state index in [1.54, 1.807) is 13.2 Å². The number of nitrogens with zero attached hydrogens (tertiary/aromatic N) is 7. The Morgan fingerprint density at radius 3 is 2.37 bits per heavy atom. The number of hydrogen-bond donors (Lipinski definition) is 2. The van der Waals surface area contributed by atoms with Crippen LogP contribution in [0.1, 0.15) is 37.9 Å². The van der Waals surface area contributed by atoms with Gasteiger partial charge in [0.25, 0.3) is 5.91 Å². The van der Waals surface area contributed by atoms with Gasteiger partial charge in [-0.1, -0.05) is 6.58 Å². The van der Waals surface area contributed by atoms with Crippen LogP contribution < -0.4 is 20.5 Å². The molecule has 0 aliphatic carbocycles. The molecule has 38 heavy (non-hydrogen) atoms. The van der Waals surface area contributed by atoms with E-state index in [9.17, 15) is 9.18 Å². The molecule has 208 valence electrons. The summed E-state index contributed by atoms with van der Waals surface area (Å²) >= 11 is 0. The van der Waals surface area contributed by atoms with Crippen molar-refractivity contribution in [3.63, 3.8) is 0 Å². The molecule has 11 nitrogen and oxygen atoms in total. The van der Waals surface area contributed by atoms with Crippen molar-refractivity contribution in [3.05, 3.63) is 35.4 Å². The van der Waals surface area contributed by atoms with Crippen molar-refractivity contribution in [2.45, 2.75) is 45.8 Å². The Bertz CT molecular complexity index is 1040. The first kappa shape index (κ1) is 29.3. The van der Waals surface area contributed by atoms with Gasteiger partial charge in [-0.3, -0.25) is 9.69 Å². The molecule has 4 aliphatic rings. The van der Waals surface area contributed by atoms with Gasteiger partial charge in [-0.05, 0) is 45.5 Å². The summed E-state index contributed by atoms with van der Waals surface area (Å²) in [6, 6.07) is 2.38. The van der Waals surface area contributed by atoms with Crippen LogP contribution in [0.25, 0.3) is 0 Å². The normalized spacial score (nSPS) is 20.7. The van der Waals surface area contributed by atoms with Gasteiger partial charge in [-0.2, -0.15) is 15.2 Å². The van der Waals surface area contributed by atoms with E-state index in [1.165, 1.54) is 43.3 Å². The average molecular weight is 530 g/mol. The third kappa shape index (κ3) is 7.63. The minimum absolute atomic E-state index is 0.287. The van der Waals surface area contributed by atoms with E-state index in [-0.39, 0.29) is 6.04 Å². The summed E-state index contributed by atoms with van der Waals surface area (Å²) in [6.07, 6.45) is 4.84. The lowest BCUT2D eigenvalue weighted by Gasteiger charge is -2.35. The number of methoxy groups -OCH3 is 1. The van der Waals surface area contributed by atoms with Crippen LogP contribution in [0.15, 0.2) is 24.2 Å². The van der Waals surface area contributed by atoms with Crippen molar-refractivity contribution in [1.29, 1.82) is 5.26 Å². The zero-order valence-corrected chi connectivity index (χ0v) is 23.0. The summed E-state index contributed by atoms with van der Waals surface area (Å²) in [6.45, 7) is 13.6. The van der Waals surface area contributed by atoms with Gasteiger partial charge in [0.05, 0.1) is 18.9 Å². The number of hydrazine groups is 1. The number of piperazine rings is 1. The van der Waals surface area contributed by atoms with E-state index in [4.69, 9.17) is 10.00 Å². The molecular formula is C26H40FN9O2. The Labute approximate surface area is 224 Å². The smallest absolute Gasteiger partial charge is 0.318 e. The van der Waals surface area contributed by atoms with Gasteiger partial charge in [-0.15, -0.1) is 0 Å². The van der Waals surface area contributed by atoms with Crippen molar-refractivity contribution < 1.29 is 13.9 Å². The molecular weight excluding hydrogens is 489 g/mol. The Kier molecular flexibility index (Phi) is 10.8. The molecule has 1 aromatic heterocycles. The molecule has 1 amide bonds. The Morgan fingerprint density at radius 2 is 1.87 bits per heavy atom. The van der Waals surface area contributed by atoms with E-state index < -0.39 is 11.7 Å². The maximum Gasteiger partial charge on any atom is 0.318 e. The molecule has 1 aromatic rings. The van der Waals surface area contributed by atoms with E-state index in [0.717, 1.165) is 36.7 Å². The summed E-state index contributed by atoms with van der Waals surface area (Å²) < 4.78 is 18.5. The highest BCUT2D eigenvalue weighted by Crippen LogP contribution is 2.32. The standard InChI is InChI=1S/C19H26FN7O2.C5H11N.C2H3N/c1-12(20)18(28)27-6-4-26(5-7-27)17-15-10-25(9-14-8-21-24-13(14)2)11-16(15)22-19(23-17)29-3;1-6-4-2-3-5-6;1-2-3/h8,13,21,24H,1,4-7,9-11H2,2-3H3;2-5H2,1H3;1H3. The number of nitriles is 1. The quantitative estimate of drug-likeness (QED) is 0.545. The van der Waals surface area contributed by atoms with E-state index in [0.29, 0.717) is 32.2 Å². The number of hydrogen-bond acceptors (Lipinski definition) is 10. The third-order valence-corrected chi connectivity index (χ3v) is 6.94. The Morgan fingerprint density at radius 1 is 1.21 bits per heavy atom. The molecule has 0 saturated carbocycles. The van der Waals surface area contributed by atoms with Crippen molar-refractivity contribution in [2.75, 3.05) is 64.9 Å². The fourth-order valence-electron chi connectivity index (χ4n) is 4.83. The number of carbonyl (C=O) groups excluding carboxylic acids is 1. The summed E-state index contributed by atoms with van der Waals surface area (Å²) in [5.41, 5.74) is 9.58. The first-order chi connectivity index (χ1) is 18.3. The SMILES string of the molecule is C=C(F)C(=O)N1CCN(c2nc(OC)nc3c2CN(CC2=CNNC2C)C3)CC1.CC#N.CN1CCCC1. The van der Waals surface area contributed by atoms with Gasteiger partial charge < -0.3 is 24.9 Å². The van der Waals surface area contributed by atoms with Crippen LogP contribution in [-0.4, -0.2) is 96.6 Å². The molecule has 2 saturated heterocycles. The van der Waals surface area contributed by atoms with Gasteiger partial charge in [0.2, 0.25) is 0 Å². The summed E-state index contributed by atoms with van der Waals surface area (Å²) in [7, 11) is 3.73. The summed E-state index contributed by atoms with van der Waals surface area (Å²) in [5.74, 6) is -0.717. The van der Waals surface area contributed by atoms with Crippen molar-refractivity contribution in [1.82, 2.24) is 35.5 Å². The first-order valence-electron chi connectivity index (χ1n) is 13.0. The fourth-order valence-corrected chi connectivity index (χ4v) is 4.83. The molecule has 12 heteroatoms. The minimum Gasteiger partial charge on any atom is -0.467 e. The van der Waals surface area contributed by atoms with Gasteiger partial charge >= 0.3 is 6.01 Å². The molecule has 0 aromatic carbocycles. The molecule has 1 atom stereocenters. The van der Waals surface area contributed by atoms with Crippen LogP contribution in [0.5, 0.6) is 6.01 Å². The number of amides is 1. The van der Waals surface area contributed by atoms with Crippen LogP contribution in [0.4, 0.5) is 10.2 Å². The van der Waals surface area contributed by atoms with Gasteiger partial charge in [0.15, 0.2) is 5.83 Å². The average Bonchev–Trinajstić information content (AvgIpc) is 3.65. The lowest BCUT2D eigenvalue weighted by Crippen LogP contribution is -2.49. The van der Waals surface area contributed by atoms with Gasteiger partial charge in [0, 0.05) is 70.5 Å². The van der Waals surface area contributed by atoms with Crippen molar-refractivity contribution >= 4 is 11.7 Å². The third-order valence-electron chi connectivity index (χ3n) is 6.94. The summed E-state index contributed by atoms with van der Waals surface area (Å²) in [5, 5.41) is 7.32. The number of ether oxygens (including phenoxy) is 1. The van der Waals surface area contributed by atoms with Crippen LogP contribution in [0.2, 0.25) is 0 Å². The number of halogens is 1. The number of carbonyl (C=O) groups is 1. The predicted molar refractivity (Wildman–Crippen MR) is 144 cm³/mol. The van der Waals surface area contributed by atoms with Crippen molar-refractivity contribution in [3.8, 4) is 12.1 Å². The first-order valence-corrected chi connectivity index (χ1v) is 13.0. The second-order valence-electron chi connectivity index (χ2n) is 9.75. The number of anilines is 1. The van der Waals surface area contributed by atoms with Crippen LogP contribution in [-0.2, 0) is 17.9 Å². The highest BCUT2D eigenvalue weighted by atomic mass is 19.1. The topological polar surface area (TPSA) is 113 Å². The monoisotopic (exact) mass is 529 g/mol. The highest BCUT2D eigenvalue weighted by molar-refractivity contribution is 5.90. The molecule has 5 heterocycles. The number of likely N-dealkylation sites (tertiary alicyclic amines) is 1. The number of aromatic nitrogens is 2. The van der Waals surface area contributed by atoms with E-state index in [2.05, 4.69) is 56.1 Å².